The third kappa shape index (κ3) is 4.69. The normalized spacial score (nSPS) is 15.8. The van der Waals surface area contributed by atoms with Gasteiger partial charge < -0.3 is 24.7 Å². The Bertz CT molecular complexity index is 1420. The van der Waals surface area contributed by atoms with Gasteiger partial charge in [-0.1, -0.05) is 12.1 Å². The predicted octanol–water partition coefficient (Wildman–Crippen LogP) is 3.86. The van der Waals surface area contributed by atoms with Crippen molar-refractivity contribution in [3.05, 3.63) is 70.8 Å². The number of fused-ring (bicyclic) bond motifs is 1. The van der Waals surface area contributed by atoms with Gasteiger partial charge in [0.25, 0.3) is 11.8 Å². The van der Waals surface area contributed by atoms with Crippen molar-refractivity contribution in [1.82, 2.24) is 20.5 Å². The number of carbonyl (C=O) groups excluding carboxylic acids is 2. The average Bonchev–Trinajstić information content (AvgIpc) is 3.53. The molecule has 8 nitrogen and oxygen atoms in total. The lowest BCUT2D eigenvalue weighted by Gasteiger charge is -2.36. The molecule has 1 aliphatic rings. The van der Waals surface area contributed by atoms with Crippen molar-refractivity contribution >= 4 is 34.1 Å². The van der Waals surface area contributed by atoms with Crippen molar-refractivity contribution in [2.45, 2.75) is 13.0 Å². The van der Waals surface area contributed by atoms with E-state index >= 15 is 0 Å². The molecule has 1 aliphatic heterocycles. The first-order valence-electron chi connectivity index (χ1n) is 11.5. The van der Waals surface area contributed by atoms with E-state index in [1.165, 1.54) is 36.8 Å². The van der Waals surface area contributed by atoms with E-state index in [1.54, 1.807) is 35.2 Å². The molecule has 1 unspecified atom stereocenters. The Morgan fingerprint density at radius 3 is 2.86 bits per heavy atom. The molecule has 1 fully saturated rings. The number of thiazole rings is 1. The first-order valence-corrected chi connectivity index (χ1v) is 12.3. The molecule has 10 heteroatoms. The Morgan fingerprint density at radius 1 is 1.28 bits per heavy atom. The molecule has 0 aliphatic carbocycles. The number of nitrogens with one attached hydrogen (secondary N) is 2. The van der Waals surface area contributed by atoms with Crippen LogP contribution in [-0.4, -0.2) is 61.0 Å². The van der Waals surface area contributed by atoms with E-state index in [4.69, 9.17) is 9.15 Å². The minimum absolute atomic E-state index is 0.210. The van der Waals surface area contributed by atoms with Gasteiger partial charge in [-0.25, -0.2) is 9.37 Å². The number of nitrogens with zero attached hydrogens (tertiary/aromatic N) is 2. The van der Waals surface area contributed by atoms with Crippen LogP contribution in [0, 0.1) is 12.7 Å². The fourth-order valence-corrected chi connectivity index (χ4v) is 5.29. The van der Waals surface area contributed by atoms with Crippen molar-refractivity contribution in [2.24, 2.45) is 0 Å². The van der Waals surface area contributed by atoms with E-state index in [-0.39, 0.29) is 30.2 Å². The van der Waals surface area contributed by atoms with E-state index in [1.807, 2.05) is 6.92 Å². The van der Waals surface area contributed by atoms with Crippen molar-refractivity contribution in [3.8, 4) is 16.2 Å². The molecule has 1 atom stereocenters. The third-order valence-electron chi connectivity index (χ3n) is 6.18. The van der Waals surface area contributed by atoms with Crippen LogP contribution >= 0.6 is 11.3 Å². The maximum Gasteiger partial charge on any atom is 0.274 e. The lowest BCUT2D eigenvalue weighted by Crippen LogP contribution is -2.57. The largest absolute Gasteiger partial charge is 0.497 e. The SMILES string of the molecule is COc1cc(C(=O)NCC2CNCCN2C(=O)c2nc(C)sc2-c2ccc(F)cc2)c2ccoc2c1. The van der Waals surface area contributed by atoms with E-state index in [0.29, 0.717) is 52.5 Å². The molecule has 36 heavy (non-hydrogen) atoms. The van der Waals surface area contributed by atoms with Crippen LogP contribution in [0.3, 0.4) is 0 Å². The fourth-order valence-electron chi connectivity index (χ4n) is 4.37. The second-order valence-electron chi connectivity index (χ2n) is 8.49. The van der Waals surface area contributed by atoms with E-state index in [9.17, 15) is 14.0 Å². The standard InChI is InChI=1S/C26H25FN4O4S/c1-15-30-23(24(36-15)16-3-5-17(27)6-4-16)26(33)31-9-8-28-13-18(31)14-29-25(32)21-11-19(34-2)12-22-20(21)7-10-35-22/h3-7,10-12,18,28H,8-9,13-14H2,1-2H3,(H,29,32). The molecule has 2 amide bonds. The number of methoxy groups -OCH3 is 1. The minimum atomic E-state index is -0.338. The average molecular weight is 509 g/mol. The highest BCUT2D eigenvalue weighted by Gasteiger charge is 2.31. The smallest absolute Gasteiger partial charge is 0.274 e. The molecule has 5 rings (SSSR count). The topological polar surface area (TPSA) is 96.7 Å². The fraction of sp³-hybridized carbons (Fsp3) is 0.269. The molecule has 186 valence electrons. The van der Waals surface area contributed by atoms with Crippen LogP contribution < -0.4 is 15.4 Å². The zero-order valence-corrected chi connectivity index (χ0v) is 20.7. The van der Waals surface area contributed by atoms with Crippen molar-refractivity contribution in [3.63, 3.8) is 0 Å². The molecule has 1 saturated heterocycles. The number of benzene rings is 2. The zero-order chi connectivity index (χ0) is 25.2. The van der Waals surface area contributed by atoms with Crippen LogP contribution in [0.15, 0.2) is 53.1 Å². The van der Waals surface area contributed by atoms with Gasteiger partial charge in [0, 0.05) is 37.6 Å². The van der Waals surface area contributed by atoms with Crippen LogP contribution in [0.25, 0.3) is 21.4 Å². The van der Waals surface area contributed by atoms with Crippen LogP contribution in [0.5, 0.6) is 5.75 Å². The molecule has 2 N–H and O–H groups in total. The number of aryl methyl sites for hydroxylation is 1. The molecular weight excluding hydrogens is 483 g/mol. The Balaban J connectivity index is 1.36. The Hall–Kier alpha value is -3.76. The van der Waals surface area contributed by atoms with Gasteiger partial charge in [-0.3, -0.25) is 9.59 Å². The highest BCUT2D eigenvalue weighted by Crippen LogP contribution is 2.32. The van der Waals surface area contributed by atoms with Crippen LogP contribution in [0.2, 0.25) is 0 Å². The lowest BCUT2D eigenvalue weighted by atomic mass is 10.1. The molecule has 4 aromatic rings. The summed E-state index contributed by atoms with van der Waals surface area (Å²) in [6.45, 7) is 3.73. The van der Waals surface area contributed by atoms with Gasteiger partial charge in [0.15, 0.2) is 0 Å². The summed E-state index contributed by atoms with van der Waals surface area (Å²) in [4.78, 5) is 33.7. The number of ether oxygens (including phenoxy) is 1. The summed E-state index contributed by atoms with van der Waals surface area (Å²) in [5.41, 5.74) is 2.08. The molecule has 0 radical (unpaired) electrons. The van der Waals surface area contributed by atoms with Gasteiger partial charge >= 0.3 is 0 Å². The van der Waals surface area contributed by atoms with Gasteiger partial charge in [-0.2, -0.15) is 0 Å². The van der Waals surface area contributed by atoms with Gasteiger partial charge in [0.2, 0.25) is 0 Å². The Labute approximate surface area is 211 Å². The number of amides is 2. The molecule has 2 aromatic carbocycles. The van der Waals surface area contributed by atoms with Gasteiger partial charge in [0.05, 0.1) is 34.9 Å². The summed E-state index contributed by atoms with van der Waals surface area (Å²) < 4.78 is 24.2. The summed E-state index contributed by atoms with van der Waals surface area (Å²) in [6.07, 6.45) is 1.53. The second kappa shape index (κ2) is 10.1. The summed E-state index contributed by atoms with van der Waals surface area (Å²) >= 11 is 1.40. The van der Waals surface area contributed by atoms with Crippen molar-refractivity contribution < 1.29 is 23.1 Å². The number of carbonyl (C=O) groups is 2. The first kappa shape index (κ1) is 24.0. The molecular formula is C26H25FN4O4S. The molecule has 0 bridgehead atoms. The Morgan fingerprint density at radius 2 is 2.08 bits per heavy atom. The molecule has 3 heterocycles. The first-order chi connectivity index (χ1) is 17.4. The number of furan rings is 1. The molecule has 0 spiro atoms. The molecule has 0 saturated carbocycles. The van der Waals surface area contributed by atoms with E-state index < -0.39 is 0 Å². The third-order valence-corrected chi connectivity index (χ3v) is 7.20. The highest BCUT2D eigenvalue weighted by molar-refractivity contribution is 7.15. The van der Waals surface area contributed by atoms with Gasteiger partial charge in [-0.05, 0) is 36.8 Å². The van der Waals surface area contributed by atoms with Gasteiger partial charge in [0.1, 0.15) is 22.8 Å². The molecule has 2 aromatic heterocycles. The summed E-state index contributed by atoms with van der Waals surface area (Å²) in [6, 6.07) is 10.9. The number of halogens is 1. The zero-order valence-electron chi connectivity index (χ0n) is 19.8. The second-order valence-corrected chi connectivity index (χ2v) is 9.69. The monoisotopic (exact) mass is 508 g/mol. The number of piperazine rings is 1. The van der Waals surface area contributed by atoms with Crippen molar-refractivity contribution in [2.75, 3.05) is 33.3 Å². The summed E-state index contributed by atoms with van der Waals surface area (Å²) in [5, 5.41) is 7.70. The quantitative estimate of drug-likeness (QED) is 0.411. The van der Waals surface area contributed by atoms with E-state index in [2.05, 4.69) is 15.6 Å². The lowest BCUT2D eigenvalue weighted by molar-refractivity contribution is 0.0620. The van der Waals surface area contributed by atoms with Crippen LogP contribution in [0.1, 0.15) is 25.9 Å². The maximum absolute atomic E-state index is 13.6. The highest BCUT2D eigenvalue weighted by atomic mass is 32.1. The van der Waals surface area contributed by atoms with Crippen LogP contribution in [0.4, 0.5) is 4.39 Å². The summed E-state index contributed by atoms with van der Waals surface area (Å²) in [5.74, 6) is -0.312. The van der Waals surface area contributed by atoms with Crippen LogP contribution in [-0.2, 0) is 0 Å². The number of rotatable bonds is 6. The number of aromatic nitrogens is 1. The number of hydrogen-bond acceptors (Lipinski definition) is 7. The maximum atomic E-state index is 13.6. The number of hydrogen-bond donors (Lipinski definition) is 2. The minimum Gasteiger partial charge on any atom is -0.497 e. The van der Waals surface area contributed by atoms with E-state index in [0.717, 1.165) is 10.6 Å². The van der Waals surface area contributed by atoms with Crippen molar-refractivity contribution in [1.29, 1.82) is 0 Å². The summed E-state index contributed by atoms with van der Waals surface area (Å²) in [7, 11) is 1.53. The predicted molar refractivity (Wildman–Crippen MR) is 135 cm³/mol. The van der Waals surface area contributed by atoms with Gasteiger partial charge in [-0.15, -0.1) is 11.3 Å². The Kier molecular flexibility index (Phi) is 6.71.